The summed E-state index contributed by atoms with van der Waals surface area (Å²) in [7, 11) is 0. The average molecular weight is 457 g/mol. The molecule has 5 N–H and O–H groups in total. The summed E-state index contributed by atoms with van der Waals surface area (Å²) in [5, 5.41) is 2.06. The van der Waals surface area contributed by atoms with Crippen LogP contribution >= 0.6 is 11.3 Å². The predicted molar refractivity (Wildman–Crippen MR) is 117 cm³/mol. The first-order valence-corrected chi connectivity index (χ1v) is 12.2. The van der Waals surface area contributed by atoms with E-state index in [9.17, 15) is 13.6 Å². The molecule has 8 unspecified atom stereocenters. The number of hydroxylamine groups is 1. The number of hydrogen-bond acceptors (Lipinski definition) is 6. The zero-order valence-corrected chi connectivity index (χ0v) is 19.0. The van der Waals surface area contributed by atoms with E-state index < -0.39 is 24.5 Å². The zero-order valence-electron chi connectivity index (χ0n) is 18.2. The van der Waals surface area contributed by atoms with Gasteiger partial charge in [-0.1, -0.05) is 0 Å². The largest absolute Gasteiger partial charge is 0.335 e. The Morgan fingerprint density at radius 1 is 1.26 bits per heavy atom. The van der Waals surface area contributed by atoms with Crippen molar-refractivity contribution in [3.8, 4) is 0 Å². The molecule has 0 aromatic carbocycles. The first-order valence-electron chi connectivity index (χ1n) is 11.3. The normalized spacial score (nSPS) is 36.6. The second-order valence-electron chi connectivity index (χ2n) is 9.57. The number of amides is 1. The van der Waals surface area contributed by atoms with Crippen LogP contribution in [0.1, 0.15) is 55.9 Å². The number of carbonyl (C=O) groups excluding carboxylic acids is 1. The van der Waals surface area contributed by atoms with Crippen LogP contribution in [0.2, 0.25) is 0 Å². The van der Waals surface area contributed by atoms with Gasteiger partial charge in [0.1, 0.15) is 18.4 Å². The van der Waals surface area contributed by atoms with Crippen molar-refractivity contribution in [2.75, 3.05) is 6.54 Å². The van der Waals surface area contributed by atoms with Gasteiger partial charge in [-0.15, -0.1) is 11.3 Å². The molecule has 1 aromatic rings. The van der Waals surface area contributed by atoms with E-state index in [2.05, 4.69) is 16.9 Å². The lowest BCUT2D eigenvalue weighted by Gasteiger charge is -2.40. The van der Waals surface area contributed by atoms with Crippen LogP contribution in [0.5, 0.6) is 0 Å². The van der Waals surface area contributed by atoms with Crippen LogP contribution in [0.3, 0.4) is 0 Å². The van der Waals surface area contributed by atoms with Crippen molar-refractivity contribution in [2.45, 2.75) is 88.6 Å². The molecule has 8 atom stereocenters. The fourth-order valence-corrected chi connectivity index (χ4v) is 6.70. The van der Waals surface area contributed by atoms with Crippen LogP contribution < -0.4 is 16.9 Å². The molecule has 0 bridgehead atoms. The SMILES string of the molecule is CC(N)C(C(C)N)C1CN(C(=O)C2CC(C3CCC(F)CC3F)ON2)Cc2sccc21. The highest BCUT2D eigenvalue weighted by Gasteiger charge is 2.44. The van der Waals surface area contributed by atoms with Gasteiger partial charge >= 0.3 is 0 Å². The topological polar surface area (TPSA) is 93.6 Å². The van der Waals surface area contributed by atoms with E-state index in [1.807, 2.05) is 18.7 Å². The number of fused-ring (bicyclic) bond motifs is 1. The third-order valence-corrected chi connectivity index (χ3v) is 8.21. The fraction of sp³-hybridized carbons (Fsp3) is 0.773. The highest BCUT2D eigenvalue weighted by atomic mass is 32.1. The molecule has 31 heavy (non-hydrogen) atoms. The molecule has 0 spiro atoms. The van der Waals surface area contributed by atoms with Crippen LogP contribution in [0.25, 0.3) is 0 Å². The molecule has 4 rings (SSSR count). The summed E-state index contributed by atoms with van der Waals surface area (Å²) in [4.78, 5) is 22.0. The Balaban J connectivity index is 1.46. The maximum atomic E-state index is 14.4. The number of carbonyl (C=O) groups is 1. The van der Waals surface area contributed by atoms with Gasteiger partial charge < -0.3 is 16.4 Å². The van der Waals surface area contributed by atoms with Gasteiger partial charge in [0.2, 0.25) is 5.91 Å². The Labute approximate surface area is 186 Å². The Bertz CT molecular complexity index is 768. The maximum absolute atomic E-state index is 14.4. The van der Waals surface area contributed by atoms with Crippen molar-refractivity contribution < 1.29 is 18.4 Å². The van der Waals surface area contributed by atoms with E-state index in [1.165, 1.54) is 5.56 Å². The minimum absolute atomic E-state index is 0.0470. The second kappa shape index (κ2) is 9.39. The zero-order chi connectivity index (χ0) is 22.3. The van der Waals surface area contributed by atoms with E-state index in [4.69, 9.17) is 16.3 Å². The number of nitrogens with zero attached hydrogens (tertiary/aromatic N) is 1. The van der Waals surface area contributed by atoms with Crippen LogP contribution in [0, 0.1) is 11.8 Å². The molecule has 0 radical (unpaired) electrons. The first-order chi connectivity index (χ1) is 14.8. The van der Waals surface area contributed by atoms with E-state index in [0.717, 1.165) is 4.88 Å². The Hall–Kier alpha value is -1.13. The number of thiophene rings is 1. The fourth-order valence-electron chi connectivity index (χ4n) is 5.73. The van der Waals surface area contributed by atoms with E-state index in [0.29, 0.717) is 32.4 Å². The van der Waals surface area contributed by atoms with E-state index in [1.54, 1.807) is 11.3 Å². The molecule has 1 aromatic heterocycles. The molecule has 2 fully saturated rings. The monoisotopic (exact) mass is 456 g/mol. The number of rotatable bonds is 5. The highest BCUT2D eigenvalue weighted by molar-refractivity contribution is 7.10. The van der Waals surface area contributed by atoms with E-state index in [-0.39, 0.29) is 42.2 Å². The summed E-state index contributed by atoms with van der Waals surface area (Å²) in [6.07, 6.45) is -1.58. The summed E-state index contributed by atoms with van der Waals surface area (Å²) in [6, 6.07) is 1.40. The summed E-state index contributed by atoms with van der Waals surface area (Å²) in [5.74, 6) is -0.287. The van der Waals surface area contributed by atoms with Crippen LogP contribution in [-0.4, -0.2) is 53.9 Å². The molecule has 174 valence electrons. The molecule has 6 nitrogen and oxygen atoms in total. The quantitative estimate of drug-likeness (QED) is 0.633. The third kappa shape index (κ3) is 4.66. The molecular weight excluding hydrogens is 422 g/mol. The summed E-state index contributed by atoms with van der Waals surface area (Å²) >= 11 is 1.65. The van der Waals surface area contributed by atoms with Gasteiger partial charge in [0.25, 0.3) is 0 Å². The number of halogens is 2. The second-order valence-corrected chi connectivity index (χ2v) is 10.6. The van der Waals surface area contributed by atoms with Crippen molar-refractivity contribution in [1.29, 1.82) is 0 Å². The van der Waals surface area contributed by atoms with Gasteiger partial charge in [-0.05, 0) is 49.6 Å². The maximum Gasteiger partial charge on any atom is 0.242 e. The van der Waals surface area contributed by atoms with Gasteiger partial charge in [0, 0.05) is 48.2 Å². The van der Waals surface area contributed by atoms with Crippen LogP contribution in [-0.2, 0) is 16.2 Å². The molecule has 9 heteroatoms. The van der Waals surface area contributed by atoms with Crippen molar-refractivity contribution in [1.82, 2.24) is 10.4 Å². The average Bonchev–Trinajstić information content (AvgIpc) is 3.36. The Morgan fingerprint density at radius 3 is 2.68 bits per heavy atom. The minimum atomic E-state index is -1.23. The standard InChI is InChI=1S/C22H34F2N4O2S/c1-11(25)21(12(2)26)16-9-28(10-20-14(16)5-6-31-20)22(29)18-8-19(30-27-18)15-4-3-13(23)7-17(15)24/h5-6,11-13,15-19,21,27H,3-4,7-10,25-26H2,1-2H3. The number of nitrogens with one attached hydrogen (secondary N) is 1. The summed E-state index contributed by atoms with van der Waals surface area (Å²) in [5.41, 5.74) is 16.7. The molecule has 1 amide bonds. The summed E-state index contributed by atoms with van der Waals surface area (Å²) < 4.78 is 27.9. The van der Waals surface area contributed by atoms with Crippen molar-refractivity contribution in [3.05, 3.63) is 21.9 Å². The van der Waals surface area contributed by atoms with Crippen LogP contribution in [0.4, 0.5) is 8.78 Å². The molecular formula is C22H34F2N4O2S. The Morgan fingerprint density at radius 2 is 2.00 bits per heavy atom. The summed E-state index contributed by atoms with van der Waals surface area (Å²) in [6.45, 7) is 5.04. The van der Waals surface area contributed by atoms with Crippen molar-refractivity contribution in [2.24, 2.45) is 23.3 Å². The lowest BCUT2D eigenvalue weighted by Crippen LogP contribution is -2.51. The lowest BCUT2D eigenvalue weighted by atomic mass is 9.76. The van der Waals surface area contributed by atoms with E-state index >= 15 is 0 Å². The van der Waals surface area contributed by atoms with Gasteiger partial charge in [-0.25, -0.2) is 8.78 Å². The number of alkyl halides is 2. The highest BCUT2D eigenvalue weighted by Crippen LogP contribution is 2.40. The number of hydrogen-bond donors (Lipinski definition) is 3. The molecule has 1 saturated heterocycles. The molecule has 2 aliphatic heterocycles. The molecule has 1 saturated carbocycles. The lowest BCUT2D eigenvalue weighted by molar-refractivity contribution is -0.136. The minimum Gasteiger partial charge on any atom is -0.335 e. The van der Waals surface area contributed by atoms with Gasteiger partial charge in [0.15, 0.2) is 0 Å². The Kier molecular flexibility index (Phi) is 6.98. The van der Waals surface area contributed by atoms with Crippen molar-refractivity contribution in [3.63, 3.8) is 0 Å². The number of nitrogens with two attached hydrogens (primary N) is 2. The van der Waals surface area contributed by atoms with Crippen LogP contribution in [0.15, 0.2) is 11.4 Å². The van der Waals surface area contributed by atoms with Gasteiger partial charge in [0.05, 0.1) is 12.6 Å². The molecule has 1 aliphatic carbocycles. The third-order valence-electron chi connectivity index (χ3n) is 7.29. The molecule has 3 heterocycles. The van der Waals surface area contributed by atoms with Gasteiger partial charge in [-0.3, -0.25) is 9.63 Å². The van der Waals surface area contributed by atoms with Crippen molar-refractivity contribution >= 4 is 17.2 Å². The smallest absolute Gasteiger partial charge is 0.242 e. The molecule has 3 aliphatic rings. The van der Waals surface area contributed by atoms with Gasteiger partial charge in [-0.2, -0.15) is 5.48 Å². The predicted octanol–water partition coefficient (Wildman–Crippen LogP) is 2.62. The first kappa shape index (κ1) is 23.0.